The highest BCUT2D eigenvalue weighted by Gasteiger charge is 2.60. The summed E-state index contributed by atoms with van der Waals surface area (Å²) in [4.78, 5) is 0. The predicted octanol–water partition coefficient (Wildman–Crippen LogP) is 1.65. The van der Waals surface area contributed by atoms with Crippen molar-refractivity contribution >= 4 is 13.5 Å². The number of phosphoric acid groups is 1. The van der Waals surface area contributed by atoms with Crippen LogP contribution in [0.1, 0.15) is 0 Å². The molecule has 3 aliphatic heterocycles. The van der Waals surface area contributed by atoms with Crippen molar-refractivity contribution in [1.82, 2.24) is 5.34 Å². The Labute approximate surface area is 85.1 Å². The number of hydrazine groups is 1. The quantitative estimate of drug-likeness (QED) is 0.715. The second-order valence-corrected chi connectivity index (χ2v) is 4.29. The van der Waals surface area contributed by atoms with Gasteiger partial charge in [0.15, 0.2) is 0 Å². The molecule has 80 valence electrons. The number of hydrogen-bond acceptors (Lipinski definition) is 7. The maximum absolute atomic E-state index is 11.2. The van der Waals surface area contributed by atoms with Gasteiger partial charge in [-0.25, -0.2) is 4.57 Å². The molecule has 0 unspecified atom stereocenters. The number of ether oxygens (including phenoxy) is 1. The third kappa shape index (κ3) is 1.33. The van der Waals surface area contributed by atoms with Crippen molar-refractivity contribution in [1.29, 1.82) is 0 Å². The first-order valence-corrected chi connectivity index (χ1v) is 5.60. The maximum atomic E-state index is 11.2. The van der Waals surface area contributed by atoms with Crippen LogP contribution in [0.15, 0.2) is 24.3 Å². The molecule has 1 aromatic rings. The van der Waals surface area contributed by atoms with Crippen molar-refractivity contribution in [2.45, 2.75) is 0 Å². The zero-order chi connectivity index (χ0) is 10.5. The van der Waals surface area contributed by atoms with Crippen LogP contribution in [0.2, 0.25) is 0 Å². The molecule has 0 spiro atoms. The summed E-state index contributed by atoms with van der Waals surface area (Å²) in [5.74, 6) is 0.716. The molecule has 0 saturated carbocycles. The van der Waals surface area contributed by atoms with Gasteiger partial charge in [-0.15, -0.1) is 19.0 Å². The molecule has 7 nitrogen and oxygen atoms in total. The highest BCUT2D eigenvalue weighted by atomic mass is 31.2. The molecule has 0 atom stereocenters. The monoisotopic (exact) mass is 230 g/mol. The van der Waals surface area contributed by atoms with Gasteiger partial charge in [0.05, 0.1) is 18.1 Å². The molecule has 3 fully saturated rings. The first-order valence-electron chi connectivity index (χ1n) is 4.14. The normalized spacial score (nSPS) is 32.6. The van der Waals surface area contributed by atoms with E-state index >= 15 is 0 Å². The number of anilines is 1. The Hall–Kier alpha value is -1.11. The minimum absolute atomic E-state index is 0.631. The molecule has 0 aliphatic carbocycles. The molecule has 3 aliphatic rings. The van der Waals surface area contributed by atoms with Crippen LogP contribution in [-0.2, 0) is 18.4 Å². The molecule has 3 heterocycles. The van der Waals surface area contributed by atoms with Crippen molar-refractivity contribution in [3.8, 4) is 5.75 Å². The van der Waals surface area contributed by atoms with E-state index in [4.69, 9.17) is 18.6 Å². The largest absolute Gasteiger partial charge is 0.538 e. The topological polar surface area (TPSA) is 60.5 Å². The Morgan fingerprint density at radius 3 is 2.33 bits per heavy atom. The molecule has 4 rings (SSSR count). The summed E-state index contributed by atoms with van der Waals surface area (Å²) in [6.45, 7) is 0. The Bertz CT molecular complexity index is 426. The summed E-state index contributed by atoms with van der Waals surface area (Å²) in [5.41, 5.74) is 0.631. The van der Waals surface area contributed by atoms with E-state index in [9.17, 15) is 4.57 Å². The van der Waals surface area contributed by atoms with Crippen molar-refractivity contribution in [2.75, 3.05) is 12.3 Å². The number of hydrogen-bond donors (Lipinski definition) is 0. The standard InChI is InChI=1S/C7H7N2O5P/c1-11-7-4-2-6(3-5-7)8-9-13-15(10,12-8)14-9/h2-5H,1H3. The fourth-order valence-corrected chi connectivity index (χ4v) is 2.14. The molecule has 2 bridgehead atoms. The molecule has 0 aromatic heterocycles. The third-order valence-corrected chi connectivity index (χ3v) is 2.99. The second kappa shape index (κ2) is 2.94. The van der Waals surface area contributed by atoms with Gasteiger partial charge in [0.2, 0.25) is 0 Å². The van der Waals surface area contributed by atoms with Gasteiger partial charge in [-0.1, -0.05) is 0 Å². The van der Waals surface area contributed by atoms with Crippen molar-refractivity contribution in [2.24, 2.45) is 0 Å². The number of fused-ring (bicyclic) bond motifs is 1. The van der Waals surface area contributed by atoms with Crippen LogP contribution >= 0.6 is 7.82 Å². The lowest BCUT2D eigenvalue weighted by molar-refractivity contribution is -0.318. The Kier molecular flexibility index (Phi) is 1.79. The zero-order valence-corrected chi connectivity index (χ0v) is 8.59. The van der Waals surface area contributed by atoms with E-state index in [1.165, 1.54) is 5.17 Å². The van der Waals surface area contributed by atoms with Gasteiger partial charge in [-0.2, -0.15) is 0 Å². The summed E-state index contributed by atoms with van der Waals surface area (Å²) in [5, 5.41) is 2.09. The van der Waals surface area contributed by atoms with Crippen LogP contribution in [0.3, 0.4) is 0 Å². The van der Waals surface area contributed by atoms with Crippen LogP contribution in [-0.4, -0.2) is 12.4 Å². The summed E-state index contributed by atoms with van der Waals surface area (Å²) in [7, 11) is -1.74. The van der Waals surface area contributed by atoms with Crippen LogP contribution in [0.25, 0.3) is 0 Å². The van der Waals surface area contributed by atoms with E-state index in [1.807, 2.05) is 0 Å². The zero-order valence-electron chi connectivity index (χ0n) is 7.69. The summed E-state index contributed by atoms with van der Waals surface area (Å²) >= 11 is 0. The van der Waals surface area contributed by atoms with E-state index in [2.05, 4.69) is 0 Å². The van der Waals surface area contributed by atoms with Crippen molar-refractivity contribution in [3.05, 3.63) is 24.3 Å². The predicted molar refractivity (Wildman–Crippen MR) is 48.2 cm³/mol. The van der Waals surface area contributed by atoms with Crippen molar-refractivity contribution < 1.29 is 23.2 Å². The van der Waals surface area contributed by atoms with Crippen LogP contribution < -0.4 is 9.91 Å². The van der Waals surface area contributed by atoms with Gasteiger partial charge in [-0.05, 0) is 24.3 Å². The molecule has 1 aromatic carbocycles. The second-order valence-electron chi connectivity index (χ2n) is 2.90. The molecular weight excluding hydrogens is 223 g/mol. The fourth-order valence-electron chi connectivity index (χ4n) is 1.25. The number of benzene rings is 1. The molecule has 0 N–H and O–H groups in total. The Morgan fingerprint density at radius 2 is 1.87 bits per heavy atom. The van der Waals surface area contributed by atoms with Gasteiger partial charge in [0, 0.05) is 0 Å². The summed E-state index contributed by atoms with van der Waals surface area (Å²) in [6.07, 6.45) is 0. The number of nitrogens with zero attached hydrogens (tertiary/aromatic N) is 2. The minimum Gasteiger partial charge on any atom is -0.497 e. The first kappa shape index (κ1) is 9.14. The Morgan fingerprint density at radius 1 is 1.20 bits per heavy atom. The lowest BCUT2D eigenvalue weighted by Gasteiger charge is -2.21. The average molecular weight is 230 g/mol. The number of methoxy groups -OCH3 is 1. The van der Waals surface area contributed by atoms with Gasteiger partial charge < -0.3 is 4.74 Å². The molecule has 0 radical (unpaired) electrons. The molecule has 15 heavy (non-hydrogen) atoms. The summed E-state index contributed by atoms with van der Waals surface area (Å²) < 4.78 is 30.5. The van der Waals surface area contributed by atoms with Crippen LogP contribution in [0, 0.1) is 0 Å². The average Bonchev–Trinajstić information content (AvgIpc) is 2.71. The SMILES string of the molecule is COc1ccc(N2OP3(=O)ON2O3)cc1. The smallest absolute Gasteiger partial charge is 0.497 e. The van der Waals surface area contributed by atoms with E-state index in [-0.39, 0.29) is 0 Å². The fraction of sp³-hybridized carbons (Fsp3) is 0.143. The first-order chi connectivity index (χ1) is 7.20. The van der Waals surface area contributed by atoms with Gasteiger partial charge in [0.1, 0.15) is 5.75 Å². The van der Waals surface area contributed by atoms with E-state index < -0.39 is 7.82 Å². The van der Waals surface area contributed by atoms with Crippen molar-refractivity contribution in [3.63, 3.8) is 0 Å². The number of rotatable bonds is 2. The third-order valence-electron chi connectivity index (χ3n) is 1.96. The highest BCUT2D eigenvalue weighted by Crippen LogP contribution is 2.67. The highest BCUT2D eigenvalue weighted by molar-refractivity contribution is 7.49. The summed E-state index contributed by atoms with van der Waals surface area (Å²) in [6, 6.07) is 6.93. The lowest BCUT2D eigenvalue weighted by Crippen LogP contribution is -2.34. The van der Waals surface area contributed by atoms with Crippen LogP contribution in [0.5, 0.6) is 5.75 Å². The molecule has 0 amide bonds. The van der Waals surface area contributed by atoms with E-state index in [1.54, 1.807) is 31.4 Å². The van der Waals surface area contributed by atoms with Gasteiger partial charge >= 0.3 is 7.82 Å². The Balaban J connectivity index is 1.85. The van der Waals surface area contributed by atoms with Gasteiger partial charge in [-0.3, -0.25) is 0 Å². The maximum Gasteiger partial charge on any atom is 0.538 e. The minimum atomic E-state index is -3.32. The lowest BCUT2D eigenvalue weighted by atomic mass is 10.3. The van der Waals surface area contributed by atoms with Gasteiger partial charge in [0.25, 0.3) is 0 Å². The molecule has 3 saturated heterocycles. The van der Waals surface area contributed by atoms with Crippen LogP contribution in [0.4, 0.5) is 5.69 Å². The van der Waals surface area contributed by atoms with E-state index in [0.717, 1.165) is 5.34 Å². The molecular formula is C7H7N2O5P. The van der Waals surface area contributed by atoms with E-state index in [0.29, 0.717) is 11.4 Å². The molecule has 8 heteroatoms.